The predicted molar refractivity (Wildman–Crippen MR) is 76.4 cm³/mol. The van der Waals surface area contributed by atoms with Gasteiger partial charge in [0.25, 0.3) is 0 Å². The molecule has 1 aromatic heterocycles. The van der Waals surface area contributed by atoms with Gasteiger partial charge >= 0.3 is 0 Å². The molecule has 1 aliphatic carbocycles. The van der Waals surface area contributed by atoms with Gasteiger partial charge in [-0.15, -0.1) is 0 Å². The Bertz CT molecular complexity index is 467. The summed E-state index contributed by atoms with van der Waals surface area (Å²) in [6, 6.07) is 0. The van der Waals surface area contributed by atoms with Crippen molar-refractivity contribution < 1.29 is 4.74 Å². The van der Waals surface area contributed by atoms with Crippen LogP contribution >= 0.6 is 0 Å². The van der Waals surface area contributed by atoms with Crippen LogP contribution in [0.4, 0.5) is 5.82 Å². The van der Waals surface area contributed by atoms with Crippen molar-refractivity contribution in [3.8, 4) is 5.88 Å². The lowest BCUT2D eigenvalue weighted by Crippen LogP contribution is -2.43. The van der Waals surface area contributed by atoms with Gasteiger partial charge in [0.2, 0.25) is 5.88 Å². The smallest absolute Gasteiger partial charge is 0.221 e. The highest BCUT2D eigenvalue weighted by Crippen LogP contribution is 2.39. The molecule has 0 amide bonds. The quantitative estimate of drug-likeness (QED) is 0.880. The molecule has 2 N–H and O–H groups in total. The van der Waals surface area contributed by atoms with Crippen molar-refractivity contribution in [1.29, 1.82) is 0 Å². The lowest BCUT2D eigenvalue weighted by molar-refractivity contribution is 0.110. The van der Waals surface area contributed by atoms with E-state index in [9.17, 15) is 0 Å². The molecule has 19 heavy (non-hydrogen) atoms. The third-order valence-corrected chi connectivity index (χ3v) is 3.87. The highest BCUT2D eigenvalue weighted by molar-refractivity contribution is 5.45. The van der Waals surface area contributed by atoms with E-state index >= 15 is 0 Å². The molecule has 2 rings (SSSR count). The van der Waals surface area contributed by atoms with Crippen LogP contribution in [0.1, 0.15) is 44.0 Å². The summed E-state index contributed by atoms with van der Waals surface area (Å²) in [5.74, 6) is 2.48. The van der Waals surface area contributed by atoms with Crippen LogP contribution in [0.2, 0.25) is 0 Å². The summed E-state index contributed by atoms with van der Waals surface area (Å²) in [4.78, 5) is 11.0. The first-order chi connectivity index (χ1) is 8.81. The minimum absolute atomic E-state index is 0.0497. The maximum atomic E-state index is 5.94. The third-order valence-electron chi connectivity index (χ3n) is 3.87. The standard InChI is InChI=1S/C14H24N4O/c1-9-11(15)16-12(10-6-7-10)17-13(9)19-8-14(2,3)18(4)5/h10H,6-8H2,1-5H3,(H2,15,16,17). The molecule has 1 saturated carbocycles. The Labute approximate surface area is 115 Å². The number of nitrogen functional groups attached to an aromatic ring is 1. The van der Waals surface area contributed by atoms with Gasteiger partial charge in [-0.3, -0.25) is 0 Å². The molecule has 0 aliphatic heterocycles. The zero-order valence-corrected chi connectivity index (χ0v) is 12.5. The van der Waals surface area contributed by atoms with E-state index < -0.39 is 0 Å². The van der Waals surface area contributed by atoms with Gasteiger partial charge in [0.05, 0.1) is 5.56 Å². The average Bonchev–Trinajstić information content (AvgIpc) is 3.14. The van der Waals surface area contributed by atoms with Crippen molar-refractivity contribution in [1.82, 2.24) is 14.9 Å². The van der Waals surface area contributed by atoms with E-state index in [0.29, 0.717) is 24.2 Å². The van der Waals surface area contributed by atoms with E-state index in [1.165, 1.54) is 0 Å². The minimum Gasteiger partial charge on any atom is -0.475 e. The summed E-state index contributed by atoms with van der Waals surface area (Å²) in [7, 11) is 4.08. The lowest BCUT2D eigenvalue weighted by atomic mass is 10.1. The fourth-order valence-electron chi connectivity index (χ4n) is 1.57. The molecule has 0 radical (unpaired) electrons. The number of nitrogens with zero attached hydrogens (tertiary/aromatic N) is 3. The molecule has 0 bridgehead atoms. The molecule has 0 spiro atoms. The zero-order chi connectivity index (χ0) is 14.2. The number of nitrogens with two attached hydrogens (primary N) is 1. The molecular formula is C14H24N4O. The number of ether oxygens (including phenoxy) is 1. The molecule has 0 aromatic carbocycles. The molecule has 0 saturated heterocycles. The second-order valence-electron chi connectivity index (χ2n) is 6.17. The van der Waals surface area contributed by atoms with Crippen molar-refractivity contribution in [3.05, 3.63) is 11.4 Å². The van der Waals surface area contributed by atoms with E-state index in [1.807, 2.05) is 21.0 Å². The fourth-order valence-corrected chi connectivity index (χ4v) is 1.57. The number of aromatic nitrogens is 2. The van der Waals surface area contributed by atoms with Gasteiger partial charge < -0.3 is 15.4 Å². The molecular weight excluding hydrogens is 240 g/mol. The van der Waals surface area contributed by atoms with Crippen LogP contribution < -0.4 is 10.5 Å². The summed E-state index contributed by atoms with van der Waals surface area (Å²) in [6.07, 6.45) is 2.32. The van der Waals surface area contributed by atoms with Crippen molar-refractivity contribution in [2.75, 3.05) is 26.4 Å². The lowest BCUT2D eigenvalue weighted by Gasteiger charge is -2.32. The summed E-state index contributed by atoms with van der Waals surface area (Å²) in [6.45, 7) is 6.74. The molecule has 5 nitrogen and oxygen atoms in total. The minimum atomic E-state index is -0.0497. The molecule has 1 aliphatic rings. The highest BCUT2D eigenvalue weighted by Gasteiger charge is 2.29. The van der Waals surface area contributed by atoms with Gasteiger partial charge in [-0.25, -0.2) is 4.98 Å². The van der Waals surface area contributed by atoms with E-state index in [-0.39, 0.29) is 5.54 Å². The van der Waals surface area contributed by atoms with Crippen LogP contribution in [-0.4, -0.2) is 41.1 Å². The van der Waals surface area contributed by atoms with E-state index in [1.54, 1.807) is 0 Å². The Morgan fingerprint density at radius 1 is 1.32 bits per heavy atom. The predicted octanol–water partition coefficient (Wildman–Crippen LogP) is 1.96. The largest absolute Gasteiger partial charge is 0.475 e. The van der Waals surface area contributed by atoms with Crippen LogP contribution in [0.3, 0.4) is 0 Å². The van der Waals surface area contributed by atoms with E-state index in [2.05, 4.69) is 28.7 Å². The SMILES string of the molecule is Cc1c(N)nc(C2CC2)nc1OCC(C)(C)N(C)C. The molecule has 1 heterocycles. The van der Waals surface area contributed by atoms with Crippen molar-refractivity contribution in [2.45, 2.75) is 45.1 Å². The average molecular weight is 264 g/mol. The normalized spacial score (nSPS) is 15.9. The van der Waals surface area contributed by atoms with Crippen molar-refractivity contribution in [3.63, 3.8) is 0 Å². The highest BCUT2D eigenvalue weighted by atomic mass is 16.5. The number of likely N-dealkylation sites (N-methyl/N-ethyl adjacent to an activating group) is 1. The monoisotopic (exact) mass is 264 g/mol. The van der Waals surface area contributed by atoms with E-state index in [0.717, 1.165) is 24.2 Å². The maximum Gasteiger partial charge on any atom is 0.221 e. The number of rotatable bonds is 5. The first-order valence-electron chi connectivity index (χ1n) is 6.75. The molecule has 1 fully saturated rings. The number of hydrogen-bond acceptors (Lipinski definition) is 5. The van der Waals surface area contributed by atoms with Gasteiger partial charge in [0, 0.05) is 11.5 Å². The fraction of sp³-hybridized carbons (Fsp3) is 0.714. The second-order valence-corrected chi connectivity index (χ2v) is 6.17. The summed E-state index contributed by atoms with van der Waals surface area (Å²) < 4.78 is 5.89. The van der Waals surface area contributed by atoms with Crippen molar-refractivity contribution in [2.24, 2.45) is 0 Å². The van der Waals surface area contributed by atoms with Crippen LogP contribution in [-0.2, 0) is 0 Å². The molecule has 0 unspecified atom stereocenters. The van der Waals surface area contributed by atoms with Crippen molar-refractivity contribution >= 4 is 5.82 Å². The maximum absolute atomic E-state index is 5.94. The molecule has 0 atom stereocenters. The van der Waals surface area contributed by atoms with E-state index in [4.69, 9.17) is 10.5 Å². The van der Waals surface area contributed by atoms with Crippen LogP contribution in [0.5, 0.6) is 5.88 Å². The van der Waals surface area contributed by atoms with Crippen LogP contribution in [0.25, 0.3) is 0 Å². The first kappa shape index (κ1) is 14.1. The Balaban J connectivity index is 2.15. The molecule has 5 heteroatoms. The van der Waals surface area contributed by atoms with Crippen LogP contribution in [0.15, 0.2) is 0 Å². The summed E-state index contributed by atoms with van der Waals surface area (Å²) in [5.41, 5.74) is 6.73. The van der Waals surface area contributed by atoms with Gasteiger partial charge in [-0.1, -0.05) is 0 Å². The number of anilines is 1. The van der Waals surface area contributed by atoms with Gasteiger partial charge in [-0.2, -0.15) is 4.98 Å². The van der Waals surface area contributed by atoms with Gasteiger partial charge in [-0.05, 0) is 47.7 Å². The third kappa shape index (κ3) is 3.15. The second kappa shape index (κ2) is 4.96. The Kier molecular flexibility index (Phi) is 3.67. The topological polar surface area (TPSA) is 64.3 Å². The Morgan fingerprint density at radius 3 is 2.47 bits per heavy atom. The number of hydrogen-bond donors (Lipinski definition) is 1. The summed E-state index contributed by atoms with van der Waals surface area (Å²) >= 11 is 0. The van der Waals surface area contributed by atoms with Gasteiger partial charge in [0.1, 0.15) is 18.2 Å². The van der Waals surface area contributed by atoms with Crippen LogP contribution in [0, 0.1) is 6.92 Å². The summed E-state index contributed by atoms with van der Waals surface area (Å²) in [5, 5.41) is 0. The zero-order valence-electron chi connectivity index (χ0n) is 12.5. The van der Waals surface area contributed by atoms with Gasteiger partial charge in [0.15, 0.2) is 0 Å². The molecule has 106 valence electrons. The Morgan fingerprint density at radius 2 is 1.95 bits per heavy atom. The Hall–Kier alpha value is -1.36. The first-order valence-corrected chi connectivity index (χ1v) is 6.75. The molecule has 1 aromatic rings.